The average molecular weight is 508 g/mol. The van der Waals surface area contributed by atoms with Gasteiger partial charge in [-0.3, -0.25) is 0 Å². The van der Waals surface area contributed by atoms with Crippen LogP contribution in [0.4, 0.5) is 26.3 Å². The van der Waals surface area contributed by atoms with Crippen molar-refractivity contribution < 1.29 is 31.1 Å². The molecule has 0 spiro atoms. The highest BCUT2D eigenvalue weighted by Gasteiger charge is 2.11. The smallest absolute Gasteiger partial charge is 0.159 e. The molecule has 0 atom stereocenters. The minimum absolute atomic E-state index is 0.133. The van der Waals surface area contributed by atoms with Gasteiger partial charge >= 0.3 is 0 Å². The molecule has 0 amide bonds. The van der Waals surface area contributed by atoms with Crippen LogP contribution in [-0.2, 0) is 11.2 Å². The van der Waals surface area contributed by atoms with Crippen LogP contribution in [0.15, 0.2) is 54.6 Å². The molecule has 0 aliphatic rings. The fourth-order valence-electron chi connectivity index (χ4n) is 3.66. The van der Waals surface area contributed by atoms with E-state index in [0.717, 1.165) is 24.3 Å². The molecule has 37 heavy (non-hydrogen) atoms. The van der Waals surface area contributed by atoms with E-state index in [-0.39, 0.29) is 5.56 Å². The van der Waals surface area contributed by atoms with Crippen molar-refractivity contribution in [1.82, 2.24) is 0 Å². The van der Waals surface area contributed by atoms with Crippen LogP contribution in [0.2, 0.25) is 0 Å². The van der Waals surface area contributed by atoms with Gasteiger partial charge < -0.3 is 4.74 Å². The third-order valence-electron chi connectivity index (χ3n) is 5.50. The number of rotatable bonds is 4. The molecule has 0 radical (unpaired) electrons. The van der Waals surface area contributed by atoms with Crippen LogP contribution in [-0.4, -0.2) is 13.7 Å². The molecule has 0 heterocycles. The van der Waals surface area contributed by atoms with Crippen molar-refractivity contribution in [3.8, 4) is 23.7 Å². The number of benzene rings is 4. The summed E-state index contributed by atoms with van der Waals surface area (Å²) in [7, 11) is 1.53. The Kier molecular flexibility index (Phi) is 7.86. The molecule has 0 unspecified atom stereocenters. The topological polar surface area (TPSA) is 9.23 Å². The number of hydrogen-bond acceptors (Lipinski definition) is 1. The Bertz CT molecular complexity index is 1570. The number of hydrogen-bond donors (Lipinski definition) is 0. The van der Waals surface area contributed by atoms with Crippen LogP contribution in [0.3, 0.4) is 0 Å². The van der Waals surface area contributed by atoms with Gasteiger partial charge in [0.1, 0.15) is 23.3 Å². The van der Waals surface area contributed by atoms with Gasteiger partial charge in [0.15, 0.2) is 11.6 Å². The van der Waals surface area contributed by atoms with Gasteiger partial charge in [0, 0.05) is 24.8 Å². The summed E-state index contributed by atoms with van der Waals surface area (Å²) >= 11 is 0. The van der Waals surface area contributed by atoms with E-state index in [1.165, 1.54) is 37.4 Å². The monoisotopic (exact) mass is 508 g/mol. The highest BCUT2D eigenvalue weighted by molar-refractivity contribution is 5.84. The third kappa shape index (κ3) is 6.14. The first-order valence-corrected chi connectivity index (χ1v) is 11.1. The number of halogens is 6. The Hall–Kier alpha value is -4.20. The molecule has 4 rings (SSSR count). The summed E-state index contributed by atoms with van der Waals surface area (Å²) in [5, 5.41) is 0.818. The van der Waals surface area contributed by atoms with E-state index in [1.54, 1.807) is 0 Å². The molecule has 0 fully saturated rings. The standard InChI is InChI=1S/C30H18F6O/c1-37-10-2-3-19-12-25(31)24(26(32)13-19)9-6-20-14-27(33)23(28(34)15-20)8-5-18-4-7-21-16-29(35)30(36)17-22(21)11-18/h4,7,11-17H,2-3,10H2,1H3. The molecule has 0 aliphatic carbocycles. The first-order valence-electron chi connectivity index (χ1n) is 11.1. The summed E-state index contributed by atoms with van der Waals surface area (Å²) < 4.78 is 89.7. The molecular weight excluding hydrogens is 490 g/mol. The van der Waals surface area contributed by atoms with Gasteiger partial charge in [-0.1, -0.05) is 29.7 Å². The lowest BCUT2D eigenvalue weighted by atomic mass is 10.0. The van der Waals surface area contributed by atoms with E-state index < -0.39 is 46.0 Å². The number of ether oxygens (including phenoxy) is 1. The minimum atomic E-state index is -1.02. The molecular formula is C30H18F6O. The lowest BCUT2D eigenvalue weighted by molar-refractivity contribution is 0.195. The molecule has 4 aromatic carbocycles. The molecule has 0 saturated carbocycles. The van der Waals surface area contributed by atoms with Gasteiger partial charge in [0.2, 0.25) is 0 Å². The van der Waals surface area contributed by atoms with E-state index in [9.17, 15) is 26.3 Å². The lowest BCUT2D eigenvalue weighted by Gasteiger charge is -2.04. The van der Waals surface area contributed by atoms with Crippen LogP contribution < -0.4 is 0 Å². The number of fused-ring (bicyclic) bond motifs is 1. The van der Waals surface area contributed by atoms with Gasteiger partial charge in [-0.2, -0.15) is 0 Å². The van der Waals surface area contributed by atoms with Crippen molar-refractivity contribution in [1.29, 1.82) is 0 Å². The first-order chi connectivity index (χ1) is 17.7. The summed E-state index contributed by atoms with van der Waals surface area (Å²) in [6.45, 7) is 0.450. The summed E-state index contributed by atoms with van der Waals surface area (Å²) in [5.74, 6) is 3.88. The zero-order valence-corrected chi connectivity index (χ0v) is 19.5. The van der Waals surface area contributed by atoms with Crippen molar-refractivity contribution in [3.05, 3.63) is 117 Å². The molecule has 4 aromatic rings. The van der Waals surface area contributed by atoms with E-state index in [1.807, 2.05) is 0 Å². The maximum atomic E-state index is 14.6. The molecule has 7 heteroatoms. The van der Waals surface area contributed by atoms with Crippen LogP contribution in [0, 0.1) is 58.6 Å². The third-order valence-corrected chi connectivity index (χ3v) is 5.50. The van der Waals surface area contributed by atoms with E-state index in [0.29, 0.717) is 41.3 Å². The lowest BCUT2D eigenvalue weighted by Crippen LogP contribution is -1.98. The maximum absolute atomic E-state index is 14.6. The predicted molar refractivity (Wildman–Crippen MR) is 129 cm³/mol. The Morgan fingerprint density at radius 2 is 1.11 bits per heavy atom. The second-order valence-electron chi connectivity index (χ2n) is 8.17. The molecule has 0 aliphatic heterocycles. The highest BCUT2D eigenvalue weighted by Crippen LogP contribution is 2.21. The summed E-state index contributed by atoms with van der Waals surface area (Å²) in [6, 6.07) is 10.7. The van der Waals surface area contributed by atoms with Gasteiger partial charge in [-0.05, 0) is 77.7 Å². The van der Waals surface area contributed by atoms with E-state index >= 15 is 0 Å². The molecule has 0 bridgehead atoms. The molecule has 0 saturated heterocycles. The Morgan fingerprint density at radius 3 is 1.70 bits per heavy atom. The van der Waals surface area contributed by atoms with E-state index in [2.05, 4.69) is 23.7 Å². The number of aryl methyl sites for hydroxylation is 1. The van der Waals surface area contributed by atoms with Crippen LogP contribution >= 0.6 is 0 Å². The molecule has 1 nitrogen and oxygen atoms in total. The van der Waals surface area contributed by atoms with Gasteiger partial charge in [0.25, 0.3) is 0 Å². The molecule has 0 aromatic heterocycles. The van der Waals surface area contributed by atoms with Gasteiger partial charge in [-0.25, -0.2) is 26.3 Å². The quantitative estimate of drug-likeness (QED) is 0.163. The maximum Gasteiger partial charge on any atom is 0.159 e. The van der Waals surface area contributed by atoms with Gasteiger partial charge in [-0.15, -0.1) is 0 Å². The molecule has 186 valence electrons. The zero-order valence-electron chi connectivity index (χ0n) is 19.5. The predicted octanol–water partition coefficient (Wildman–Crippen LogP) is 7.05. The van der Waals surface area contributed by atoms with E-state index in [4.69, 9.17) is 4.74 Å². The van der Waals surface area contributed by atoms with Gasteiger partial charge in [0.05, 0.1) is 11.1 Å². The van der Waals surface area contributed by atoms with Crippen molar-refractivity contribution in [2.75, 3.05) is 13.7 Å². The van der Waals surface area contributed by atoms with Crippen molar-refractivity contribution in [3.63, 3.8) is 0 Å². The normalized spacial score (nSPS) is 10.6. The number of methoxy groups -OCH3 is 1. The van der Waals surface area contributed by atoms with Crippen molar-refractivity contribution in [2.45, 2.75) is 12.8 Å². The summed E-state index contributed by atoms with van der Waals surface area (Å²) in [6.07, 6.45) is 1.01. The zero-order chi connectivity index (χ0) is 26.5. The van der Waals surface area contributed by atoms with Crippen LogP contribution in [0.1, 0.15) is 34.2 Å². The second-order valence-corrected chi connectivity index (χ2v) is 8.17. The van der Waals surface area contributed by atoms with Crippen LogP contribution in [0.5, 0.6) is 0 Å². The Balaban J connectivity index is 1.58. The fourth-order valence-corrected chi connectivity index (χ4v) is 3.66. The first kappa shape index (κ1) is 25.9. The summed E-state index contributed by atoms with van der Waals surface area (Å²) in [5.41, 5.74) is -0.396. The van der Waals surface area contributed by atoms with Crippen LogP contribution in [0.25, 0.3) is 10.8 Å². The average Bonchev–Trinajstić information content (AvgIpc) is 2.84. The van der Waals surface area contributed by atoms with Crippen molar-refractivity contribution >= 4 is 10.8 Å². The molecule has 0 N–H and O–H groups in total. The Morgan fingerprint density at radius 1 is 0.568 bits per heavy atom. The fraction of sp³-hybridized carbons (Fsp3) is 0.133. The highest BCUT2D eigenvalue weighted by atomic mass is 19.2. The summed E-state index contributed by atoms with van der Waals surface area (Å²) in [4.78, 5) is 0. The minimum Gasteiger partial charge on any atom is -0.385 e. The largest absolute Gasteiger partial charge is 0.385 e. The Labute approximate surface area is 209 Å². The second kappa shape index (κ2) is 11.2. The SMILES string of the molecule is COCCCc1cc(F)c(C#Cc2cc(F)c(C#Cc3ccc4cc(F)c(F)cc4c3)c(F)c2)c(F)c1. The van der Waals surface area contributed by atoms with Crippen molar-refractivity contribution in [2.24, 2.45) is 0 Å².